The van der Waals surface area contributed by atoms with Crippen molar-refractivity contribution in [1.29, 1.82) is 0 Å². The summed E-state index contributed by atoms with van der Waals surface area (Å²) in [6, 6.07) is 21.0. The van der Waals surface area contributed by atoms with Crippen LogP contribution in [-0.4, -0.2) is 5.97 Å². The van der Waals surface area contributed by atoms with Gasteiger partial charge in [-0.3, -0.25) is 0 Å². The van der Waals surface area contributed by atoms with Crippen molar-refractivity contribution in [3.8, 4) is 33.8 Å². The Labute approximate surface area is 182 Å². The van der Waals surface area contributed by atoms with Crippen molar-refractivity contribution in [3.05, 3.63) is 103 Å². The highest BCUT2D eigenvalue weighted by atomic mass is 16.5. The Balaban J connectivity index is 1.75. The number of hydrogen-bond donors (Lipinski definition) is 1. The van der Waals surface area contributed by atoms with Gasteiger partial charge < -0.3 is 15.2 Å². The van der Waals surface area contributed by atoms with Crippen molar-refractivity contribution in [2.45, 2.75) is 13.8 Å². The Kier molecular flexibility index (Phi) is 6.41. The molecule has 2 N–H and O–H groups in total. The van der Waals surface area contributed by atoms with Crippen LogP contribution >= 0.6 is 0 Å². The number of allylic oxidation sites excluding steroid dienone is 1. The van der Waals surface area contributed by atoms with Crippen LogP contribution in [0.1, 0.15) is 13.8 Å². The summed E-state index contributed by atoms with van der Waals surface area (Å²) in [6.07, 6.45) is 0. The van der Waals surface area contributed by atoms with Gasteiger partial charge in [0.25, 0.3) is 0 Å². The number of esters is 1. The molecular formula is C27H25NO3. The largest absolute Gasteiger partial charge is 0.458 e. The Hall–Kier alpha value is -4.05. The van der Waals surface area contributed by atoms with Gasteiger partial charge in [-0.2, -0.15) is 0 Å². The van der Waals surface area contributed by atoms with Crippen LogP contribution in [0.4, 0.5) is 5.69 Å². The summed E-state index contributed by atoms with van der Waals surface area (Å²) in [7, 11) is 0. The quantitative estimate of drug-likeness (QED) is 0.120. The third-order valence-corrected chi connectivity index (χ3v) is 4.68. The third kappa shape index (κ3) is 5.31. The van der Waals surface area contributed by atoms with Gasteiger partial charge in [-0.1, -0.05) is 56.1 Å². The Morgan fingerprint density at radius 2 is 1.23 bits per heavy atom. The summed E-state index contributed by atoms with van der Waals surface area (Å²) in [6.45, 7) is 14.7. The van der Waals surface area contributed by atoms with E-state index in [0.29, 0.717) is 28.5 Å². The van der Waals surface area contributed by atoms with Crippen LogP contribution in [0.5, 0.6) is 11.5 Å². The van der Waals surface area contributed by atoms with Gasteiger partial charge in [0.2, 0.25) is 0 Å². The van der Waals surface area contributed by atoms with Crippen molar-refractivity contribution in [1.82, 2.24) is 0 Å². The molecule has 0 aliphatic carbocycles. The number of hydrogen-bond acceptors (Lipinski definition) is 4. The molecule has 0 amide bonds. The number of anilines is 1. The minimum Gasteiger partial charge on any atom is -0.458 e. The number of rotatable bonds is 7. The highest BCUT2D eigenvalue weighted by Crippen LogP contribution is 2.32. The van der Waals surface area contributed by atoms with Crippen LogP contribution in [0.25, 0.3) is 22.3 Å². The zero-order valence-electron chi connectivity index (χ0n) is 17.8. The van der Waals surface area contributed by atoms with Gasteiger partial charge in [0.15, 0.2) is 0 Å². The van der Waals surface area contributed by atoms with Gasteiger partial charge in [-0.05, 0) is 60.4 Å². The fourth-order valence-corrected chi connectivity index (χ4v) is 2.85. The fraction of sp³-hybridized carbons (Fsp3) is 0.0741. The maximum atomic E-state index is 11.6. The van der Waals surface area contributed by atoms with Crippen molar-refractivity contribution in [2.75, 3.05) is 5.73 Å². The predicted molar refractivity (Wildman–Crippen MR) is 127 cm³/mol. The van der Waals surface area contributed by atoms with Gasteiger partial charge >= 0.3 is 5.97 Å². The van der Waals surface area contributed by atoms with Crippen molar-refractivity contribution in [3.63, 3.8) is 0 Å². The van der Waals surface area contributed by atoms with E-state index in [1.807, 2.05) is 55.5 Å². The maximum absolute atomic E-state index is 11.6. The average molecular weight is 412 g/mol. The molecule has 0 fully saturated rings. The number of ether oxygens (including phenoxy) is 2. The predicted octanol–water partition coefficient (Wildman–Crippen LogP) is 6.55. The second-order valence-electron chi connectivity index (χ2n) is 7.33. The number of nitrogen functional groups attached to an aromatic ring is 1. The molecule has 4 heteroatoms. The Morgan fingerprint density at radius 1 is 0.710 bits per heavy atom. The van der Waals surface area contributed by atoms with E-state index < -0.39 is 5.97 Å². The van der Waals surface area contributed by atoms with Crippen LogP contribution < -0.4 is 15.2 Å². The van der Waals surface area contributed by atoms with Crippen LogP contribution in [0, 0.1) is 0 Å². The molecule has 0 saturated heterocycles. The lowest BCUT2D eigenvalue weighted by atomic mass is 9.99. The SMILES string of the molecule is C=C(C)C(=C)Oc1ccc(-c2ccc(-c3ccc(OC(=O)C(=C)C)cc3)cc2)c(N)c1. The zero-order valence-corrected chi connectivity index (χ0v) is 17.8. The van der Waals surface area contributed by atoms with E-state index in [2.05, 4.69) is 19.7 Å². The highest BCUT2D eigenvalue weighted by molar-refractivity contribution is 5.88. The first-order valence-electron chi connectivity index (χ1n) is 9.75. The topological polar surface area (TPSA) is 61.5 Å². The summed E-state index contributed by atoms with van der Waals surface area (Å²) >= 11 is 0. The molecule has 3 aromatic rings. The molecule has 3 aromatic carbocycles. The number of nitrogens with two attached hydrogens (primary N) is 1. The van der Waals surface area contributed by atoms with Gasteiger partial charge in [-0.15, -0.1) is 0 Å². The van der Waals surface area contributed by atoms with Gasteiger partial charge in [0.05, 0.1) is 0 Å². The molecule has 0 heterocycles. The average Bonchev–Trinajstić information content (AvgIpc) is 2.74. The van der Waals surface area contributed by atoms with Crippen molar-refractivity contribution < 1.29 is 14.3 Å². The molecule has 0 atom stereocenters. The molecular weight excluding hydrogens is 386 g/mol. The molecule has 3 rings (SSSR count). The van der Waals surface area contributed by atoms with Crippen LogP contribution in [-0.2, 0) is 4.79 Å². The summed E-state index contributed by atoms with van der Waals surface area (Å²) in [5.41, 5.74) is 12.0. The lowest BCUT2D eigenvalue weighted by Gasteiger charge is -2.12. The molecule has 31 heavy (non-hydrogen) atoms. The molecule has 0 unspecified atom stereocenters. The standard InChI is InChI=1S/C27H25NO3/c1-17(2)19(5)30-24-14-15-25(26(28)16-24)22-8-6-20(7-9-22)21-10-12-23(13-11-21)31-27(29)18(3)4/h6-16H,1,3,5,28H2,2,4H3. The molecule has 0 bridgehead atoms. The molecule has 0 radical (unpaired) electrons. The summed E-state index contributed by atoms with van der Waals surface area (Å²) in [5, 5.41) is 0. The van der Waals surface area contributed by atoms with Crippen LogP contribution in [0.3, 0.4) is 0 Å². The number of benzene rings is 3. The molecule has 0 spiro atoms. The Morgan fingerprint density at radius 3 is 1.74 bits per heavy atom. The van der Waals surface area contributed by atoms with E-state index in [1.54, 1.807) is 25.1 Å². The van der Waals surface area contributed by atoms with E-state index in [1.165, 1.54) is 0 Å². The minimum atomic E-state index is -0.435. The zero-order chi connectivity index (χ0) is 22.5. The molecule has 0 saturated carbocycles. The molecule has 0 aliphatic heterocycles. The number of carbonyl (C=O) groups is 1. The lowest BCUT2D eigenvalue weighted by molar-refractivity contribution is -0.130. The summed E-state index contributed by atoms with van der Waals surface area (Å²) in [4.78, 5) is 11.6. The maximum Gasteiger partial charge on any atom is 0.338 e. The molecule has 0 aliphatic rings. The van der Waals surface area contributed by atoms with Crippen molar-refractivity contribution in [2.24, 2.45) is 0 Å². The molecule has 156 valence electrons. The van der Waals surface area contributed by atoms with Gasteiger partial charge in [-0.25, -0.2) is 4.79 Å². The highest BCUT2D eigenvalue weighted by Gasteiger charge is 2.08. The third-order valence-electron chi connectivity index (χ3n) is 4.68. The second kappa shape index (κ2) is 9.18. The first kappa shape index (κ1) is 21.7. The fourth-order valence-electron chi connectivity index (χ4n) is 2.85. The number of carbonyl (C=O) groups excluding carboxylic acids is 1. The smallest absolute Gasteiger partial charge is 0.338 e. The molecule has 4 nitrogen and oxygen atoms in total. The summed E-state index contributed by atoms with van der Waals surface area (Å²) < 4.78 is 10.9. The van der Waals surface area contributed by atoms with Gasteiger partial charge in [0.1, 0.15) is 17.3 Å². The first-order chi connectivity index (χ1) is 14.7. The minimum absolute atomic E-state index is 0.360. The van der Waals surface area contributed by atoms with Crippen molar-refractivity contribution >= 4 is 11.7 Å². The Bertz CT molecular complexity index is 1160. The summed E-state index contributed by atoms with van der Waals surface area (Å²) in [5.74, 6) is 1.18. The lowest BCUT2D eigenvalue weighted by Crippen LogP contribution is -2.07. The van der Waals surface area contributed by atoms with Gasteiger partial charge in [0, 0.05) is 22.9 Å². The monoisotopic (exact) mass is 411 g/mol. The second-order valence-corrected chi connectivity index (χ2v) is 7.33. The van der Waals surface area contributed by atoms with E-state index in [-0.39, 0.29) is 0 Å². The van der Waals surface area contributed by atoms with Crippen LogP contribution in [0.15, 0.2) is 103 Å². The van der Waals surface area contributed by atoms with E-state index in [0.717, 1.165) is 27.8 Å². The van der Waals surface area contributed by atoms with E-state index in [9.17, 15) is 4.79 Å². The van der Waals surface area contributed by atoms with E-state index in [4.69, 9.17) is 15.2 Å². The van der Waals surface area contributed by atoms with Crippen LogP contribution in [0.2, 0.25) is 0 Å². The molecule has 0 aromatic heterocycles. The first-order valence-corrected chi connectivity index (χ1v) is 9.75. The van der Waals surface area contributed by atoms with E-state index >= 15 is 0 Å². The normalized spacial score (nSPS) is 10.3.